The maximum Gasteiger partial charge on any atom is 0.169 e. The molecule has 0 bridgehead atoms. The maximum absolute atomic E-state index is 9.62. The monoisotopic (exact) mass is 309 g/mol. The lowest BCUT2D eigenvalue weighted by atomic mass is 9.93. The summed E-state index contributed by atoms with van der Waals surface area (Å²) in [4.78, 5) is 0. The fraction of sp³-hybridized carbons (Fsp3) is 0.286. The molecule has 1 atom stereocenters. The Morgan fingerprint density at radius 3 is 2.50 bits per heavy atom. The van der Waals surface area contributed by atoms with Crippen LogP contribution in [0.2, 0.25) is 0 Å². The molecule has 1 aromatic heterocycles. The van der Waals surface area contributed by atoms with Crippen molar-refractivity contribution in [1.82, 2.24) is 5.32 Å². The molecular formula is C14H16BrNO2. The average molecular weight is 310 g/mol. The summed E-state index contributed by atoms with van der Waals surface area (Å²) in [6.07, 6.45) is 0. The molecule has 4 heteroatoms. The topological polar surface area (TPSA) is 45.4 Å². The number of rotatable bonds is 5. The first-order valence-corrected chi connectivity index (χ1v) is 6.59. The Hall–Kier alpha value is -1.10. The highest BCUT2D eigenvalue weighted by Crippen LogP contribution is 2.21. The number of benzene rings is 1. The Morgan fingerprint density at radius 2 is 1.94 bits per heavy atom. The first-order valence-electron chi connectivity index (χ1n) is 5.80. The molecule has 2 rings (SSSR count). The molecule has 3 nitrogen and oxygen atoms in total. The molecule has 0 aliphatic heterocycles. The minimum atomic E-state index is -0.472. The lowest BCUT2D eigenvalue weighted by Crippen LogP contribution is -2.42. The van der Waals surface area contributed by atoms with E-state index in [4.69, 9.17) is 4.42 Å². The third-order valence-electron chi connectivity index (χ3n) is 3.01. The Labute approximate surface area is 115 Å². The smallest absolute Gasteiger partial charge is 0.169 e. The summed E-state index contributed by atoms with van der Waals surface area (Å²) in [6, 6.07) is 13.7. The van der Waals surface area contributed by atoms with Gasteiger partial charge in [0.25, 0.3) is 0 Å². The summed E-state index contributed by atoms with van der Waals surface area (Å²) < 4.78 is 6.14. The van der Waals surface area contributed by atoms with Gasteiger partial charge in [0, 0.05) is 0 Å². The lowest BCUT2D eigenvalue weighted by Gasteiger charge is -2.29. The minimum Gasteiger partial charge on any atom is -0.453 e. The summed E-state index contributed by atoms with van der Waals surface area (Å²) in [5.41, 5.74) is 0.582. The largest absolute Gasteiger partial charge is 0.453 e. The van der Waals surface area contributed by atoms with Gasteiger partial charge >= 0.3 is 0 Å². The van der Waals surface area contributed by atoms with Crippen molar-refractivity contribution in [1.29, 1.82) is 0 Å². The average Bonchev–Trinajstić information content (AvgIpc) is 2.83. The number of furan rings is 1. The quantitative estimate of drug-likeness (QED) is 0.892. The molecule has 0 aliphatic rings. The Bertz CT molecular complexity index is 498. The van der Waals surface area contributed by atoms with E-state index in [0.717, 1.165) is 11.3 Å². The molecule has 2 N–H and O–H groups in total. The van der Waals surface area contributed by atoms with Gasteiger partial charge in [-0.1, -0.05) is 30.3 Å². The maximum atomic E-state index is 9.62. The van der Waals surface area contributed by atoms with Crippen LogP contribution in [-0.2, 0) is 12.1 Å². The van der Waals surface area contributed by atoms with Gasteiger partial charge in [-0.2, -0.15) is 0 Å². The summed E-state index contributed by atoms with van der Waals surface area (Å²) in [5, 5.41) is 12.9. The van der Waals surface area contributed by atoms with Crippen LogP contribution >= 0.6 is 15.9 Å². The molecule has 0 amide bonds. The molecule has 1 aromatic carbocycles. The van der Waals surface area contributed by atoms with Crippen LogP contribution in [0, 0.1) is 0 Å². The summed E-state index contributed by atoms with van der Waals surface area (Å²) >= 11 is 3.27. The normalized spacial score (nSPS) is 14.4. The van der Waals surface area contributed by atoms with E-state index < -0.39 is 5.54 Å². The fourth-order valence-electron chi connectivity index (χ4n) is 1.78. The zero-order chi connectivity index (χ0) is 13.0. The summed E-state index contributed by atoms with van der Waals surface area (Å²) in [5.74, 6) is 0.831. The SMILES string of the molecule is CC(CO)(NCc1ccc(Br)o1)c1ccccc1. The molecular weight excluding hydrogens is 294 g/mol. The van der Waals surface area contributed by atoms with E-state index >= 15 is 0 Å². The second-order valence-electron chi connectivity index (χ2n) is 4.42. The van der Waals surface area contributed by atoms with Crippen molar-refractivity contribution in [2.24, 2.45) is 0 Å². The predicted octanol–water partition coefficient (Wildman–Crippen LogP) is 3.04. The van der Waals surface area contributed by atoms with E-state index in [1.165, 1.54) is 0 Å². The van der Waals surface area contributed by atoms with Gasteiger partial charge in [0.05, 0.1) is 18.7 Å². The Morgan fingerprint density at radius 1 is 1.22 bits per heavy atom. The third-order valence-corrected chi connectivity index (χ3v) is 3.43. The second-order valence-corrected chi connectivity index (χ2v) is 5.20. The molecule has 0 aliphatic carbocycles. The van der Waals surface area contributed by atoms with Crippen LogP contribution in [0.25, 0.3) is 0 Å². The van der Waals surface area contributed by atoms with Gasteiger partial charge in [0.2, 0.25) is 0 Å². The van der Waals surface area contributed by atoms with E-state index in [9.17, 15) is 5.11 Å². The summed E-state index contributed by atoms with van der Waals surface area (Å²) in [7, 11) is 0. The molecule has 1 unspecified atom stereocenters. The molecule has 0 fully saturated rings. The van der Waals surface area contributed by atoms with Crippen molar-refractivity contribution in [2.75, 3.05) is 6.61 Å². The van der Waals surface area contributed by atoms with Gasteiger partial charge in [-0.25, -0.2) is 0 Å². The van der Waals surface area contributed by atoms with E-state index in [1.807, 2.05) is 49.4 Å². The van der Waals surface area contributed by atoms with Crippen LogP contribution in [0.5, 0.6) is 0 Å². The second kappa shape index (κ2) is 5.69. The number of halogens is 1. The van der Waals surface area contributed by atoms with Crippen LogP contribution in [0.15, 0.2) is 51.6 Å². The van der Waals surface area contributed by atoms with E-state index in [1.54, 1.807) is 0 Å². The van der Waals surface area contributed by atoms with Crippen molar-refractivity contribution >= 4 is 15.9 Å². The van der Waals surface area contributed by atoms with Crippen molar-refractivity contribution in [3.8, 4) is 0 Å². The number of hydrogen-bond acceptors (Lipinski definition) is 3. The lowest BCUT2D eigenvalue weighted by molar-refractivity contribution is 0.170. The number of hydrogen-bond donors (Lipinski definition) is 2. The van der Waals surface area contributed by atoms with Crippen LogP contribution in [0.3, 0.4) is 0 Å². The zero-order valence-corrected chi connectivity index (χ0v) is 11.8. The molecule has 18 heavy (non-hydrogen) atoms. The van der Waals surface area contributed by atoms with Crippen molar-refractivity contribution in [3.63, 3.8) is 0 Å². The number of aliphatic hydroxyl groups is 1. The first kappa shape index (κ1) is 13.3. The van der Waals surface area contributed by atoms with Crippen LogP contribution in [0.4, 0.5) is 0 Å². The molecule has 0 spiro atoms. The van der Waals surface area contributed by atoms with Crippen molar-refractivity contribution < 1.29 is 9.52 Å². The predicted molar refractivity (Wildman–Crippen MR) is 74.1 cm³/mol. The highest BCUT2D eigenvalue weighted by molar-refractivity contribution is 9.10. The highest BCUT2D eigenvalue weighted by Gasteiger charge is 2.25. The van der Waals surface area contributed by atoms with Gasteiger partial charge in [-0.3, -0.25) is 5.32 Å². The van der Waals surface area contributed by atoms with Gasteiger partial charge in [-0.05, 0) is 40.5 Å². The highest BCUT2D eigenvalue weighted by atomic mass is 79.9. The van der Waals surface area contributed by atoms with Crippen LogP contribution in [-0.4, -0.2) is 11.7 Å². The molecule has 0 radical (unpaired) electrons. The zero-order valence-electron chi connectivity index (χ0n) is 10.2. The van der Waals surface area contributed by atoms with Gasteiger partial charge in [0.1, 0.15) is 5.76 Å². The first-order chi connectivity index (χ1) is 8.64. The molecule has 0 saturated heterocycles. The molecule has 0 saturated carbocycles. The van der Waals surface area contributed by atoms with E-state index in [0.29, 0.717) is 11.2 Å². The van der Waals surface area contributed by atoms with E-state index in [2.05, 4.69) is 21.2 Å². The number of nitrogens with one attached hydrogen (secondary N) is 1. The Kier molecular flexibility index (Phi) is 4.22. The van der Waals surface area contributed by atoms with Gasteiger partial charge in [0.15, 0.2) is 4.67 Å². The van der Waals surface area contributed by atoms with Crippen LogP contribution in [0.1, 0.15) is 18.2 Å². The standard InChI is InChI=1S/C14H16BrNO2/c1-14(10-17,11-5-3-2-4-6-11)16-9-12-7-8-13(15)18-12/h2-8,16-17H,9-10H2,1H3. The van der Waals surface area contributed by atoms with Gasteiger partial charge < -0.3 is 9.52 Å². The molecule has 1 heterocycles. The van der Waals surface area contributed by atoms with Crippen LogP contribution < -0.4 is 5.32 Å². The minimum absolute atomic E-state index is 0.0267. The van der Waals surface area contributed by atoms with Crippen molar-refractivity contribution in [3.05, 3.63) is 58.5 Å². The fourth-order valence-corrected chi connectivity index (χ4v) is 2.12. The summed E-state index contributed by atoms with van der Waals surface area (Å²) in [6.45, 7) is 2.57. The van der Waals surface area contributed by atoms with Crippen molar-refractivity contribution in [2.45, 2.75) is 19.0 Å². The number of aliphatic hydroxyl groups excluding tert-OH is 1. The molecule has 96 valence electrons. The van der Waals surface area contributed by atoms with E-state index in [-0.39, 0.29) is 6.61 Å². The van der Waals surface area contributed by atoms with Gasteiger partial charge in [-0.15, -0.1) is 0 Å². The Balaban J connectivity index is 2.09. The third kappa shape index (κ3) is 3.02. The molecule has 2 aromatic rings.